The Hall–Kier alpha value is -2.70. The number of fused-ring (bicyclic) bond motifs is 2. The third kappa shape index (κ3) is 3.43. The summed E-state index contributed by atoms with van der Waals surface area (Å²) in [6.07, 6.45) is 6.51. The normalized spacial score (nSPS) is 18.3. The predicted octanol–water partition coefficient (Wildman–Crippen LogP) is 4.74. The molecule has 5 nitrogen and oxygen atoms in total. The van der Waals surface area contributed by atoms with Gasteiger partial charge in [-0.15, -0.1) is 11.3 Å². The van der Waals surface area contributed by atoms with Gasteiger partial charge in [-0.25, -0.2) is 0 Å². The SMILES string of the molecule is O=C1CCC/C=C\c2ccc(-c3csc4c(=O)cc(N5CCOCC5)oc34)cc21. The number of carbonyl (C=O) groups is 1. The standard InChI is InChI=1S/C23H21NO4S/c25-19-5-3-1-2-4-15-6-7-16(12-17(15)19)18-14-29-23-20(26)13-21(28-22(18)23)24-8-10-27-11-9-24/h2,4,6-7,12-14H,1,3,5,8-11H2/b4-2-. The Morgan fingerprint density at radius 3 is 2.76 bits per heavy atom. The van der Waals surface area contributed by atoms with E-state index in [1.807, 2.05) is 34.6 Å². The second kappa shape index (κ2) is 7.61. The van der Waals surface area contributed by atoms with E-state index in [2.05, 4.69) is 6.08 Å². The molecule has 148 valence electrons. The Morgan fingerprint density at radius 1 is 1.03 bits per heavy atom. The fraction of sp³-hybridized carbons (Fsp3) is 0.304. The molecule has 0 bridgehead atoms. The highest BCUT2D eigenvalue weighted by molar-refractivity contribution is 7.17. The molecule has 0 N–H and O–H groups in total. The van der Waals surface area contributed by atoms with Gasteiger partial charge in [0.15, 0.2) is 17.3 Å². The summed E-state index contributed by atoms with van der Waals surface area (Å²) in [5, 5.41) is 1.95. The minimum atomic E-state index is -0.0331. The molecule has 0 unspecified atom stereocenters. The van der Waals surface area contributed by atoms with Gasteiger partial charge in [-0.2, -0.15) is 0 Å². The molecular weight excluding hydrogens is 386 g/mol. The summed E-state index contributed by atoms with van der Waals surface area (Å²) in [7, 11) is 0. The Kier molecular flexibility index (Phi) is 4.81. The van der Waals surface area contributed by atoms with Gasteiger partial charge in [-0.1, -0.05) is 24.3 Å². The van der Waals surface area contributed by atoms with Gasteiger partial charge in [0.1, 0.15) is 4.70 Å². The highest BCUT2D eigenvalue weighted by atomic mass is 32.1. The summed E-state index contributed by atoms with van der Waals surface area (Å²) in [5.41, 5.74) is 4.02. The van der Waals surface area contributed by atoms with Crippen LogP contribution in [-0.2, 0) is 4.74 Å². The van der Waals surface area contributed by atoms with Crippen molar-refractivity contribution in [3.8, 4) is 11.1 Å². The lowest BCUT2D eigenvalue weighted by molar-refractivity contribution is 0.0980. The van der Waals surface area contributed by atoms with Gasteiger partial charge in [-0.3, -0.25) is 9.59 Å². The number of allylic oxidation sites excluding steroid dienone is 1. The monoisotopic (exact) mass is 407 g/mol. The minimum absolute atomic E-state index is 0.0331. The molecule has 1 fully saturated rings. The number of ketones is 1. The molecule has 0 saturated carbocycles. The van der Waals surface area contributed by atoms with Crippen LogP contribution in [0.1, 0.15) is 35.2 Å². The van der Waals surface area contributed by atoms with Crippen molar-refractivity contribution in [1.82, 2.24) is 0 Å². The Bertz CT molecular complexity index is 1170. The summed E-state index contributed by atoms with van der Waals surface area (Å²) in [5.74, 6) is 0.747. The molecule has 3 heterocycles. The van der Waals surface area contributed by atoms with Crippen LogP contribution in [0.15, 0.2) is 44.9 Å². The number of morpholine rings is 1. The molecule has 0 atom stereocenters. The zero-order chi connectivity index (χ0) is 19.8. The van der Waals surface area contributed by atoms with Crippen molar-refractivity contribution < 1.29 is 13.9 Å². The van der Waals surface area contributed by atoms with Crippen molar-refractivity contribution in [3.05, 3.63) is 57.1 Å². The highest BCUT2D eigenvalue weighted by Crippen LogP contribution is 2.36. The average Bonchev–Trinajstić information content (AvgIpc) is 3.17. The molecule has 2 aliphatic rings. The zero-order valence-electron chi connectivity index (χ0n) is 16.0. The third-order valence-corrected chi connectivity index (χ3v) is 6.47. The fourth-order valence-corrected chi connectivity index (χ4v) is 4.82. The quantitative estimate of drug-likeness (QED) is 0.614. The van der Waals surface area contributed by atoms with Crippen molar-refractivity contribution in [2.45, 2.75) is 19.3 Å². The topological polar surface area (TPSA) is 59.8 Å². The van der Waals surface area contributed by atoms with Crippen molar-refractivity contribution in [1.29, 1.82) is 0 Å². The minimum Gasteiger partial charge on any atom is -0.439 e. The molecule has 29 heavy (non-hydrogen) atoms. The van der Waals surface area contributed by atoms with E-state index in [9.17, 15) is 9.59 Å². The van der Waals surface area contributed by atoms with Crippen molar-refractivity contribution in [2.75, 3.05) is 31.2 Å². The molecule has 6 heteroatoms. The molecule has 1 aliphatic heterocycles. The average molecular weight is 407 g/mol. The molecule has 0 spiro atoms. The van der Waals surface area contributed by atoms with Crippen molar-refractivity contribution in [3.63, 3.8) is 0 Å². The second-order valence-electron chi connectivity index (χ2n) is 7.38. The van der Waals surface area contributed by atoms with E-state index in [4.69, 9.17) is 9.15 Å². The summed E-state index contributed by atoms with van der Waals surface area (Å²) < 4.78 is 12.2. The van der Waals surface area contributed by atoms with Crippen LogP contribution in [0.4, 0.5) is 5.88 Å². The largest absolute Gasteiger partial charge is 0.439 e. The Balaban J connectivity index is 1.62. The maximum absolute atomic E-state index is 12.7. The number of ether oxygens (including phenoxy) is 1. The van der Waals surface area contributed by atoms with Gasteiger partial charge in [0.25, 0.3) is 0 Å². The lowest BCUT2D eigenvalue weighted by Gasteiger charge is -2.27. The molecule has 5 rings (SSSR count). The van der Waals surface area contributed by atoms with E-state index in [1.165, 1.54) is 11.3 Å². The molecule has 1 aliphatic carbocycles. The van der Waals surface area contributed by atoms with E-state index in [0.717, 1.165) is 35.1 Å². The van der Waals surface area contributed by atoms with E-state index in [-0.39, 0.29) is 11.2 Å². The number of carbonyl (C=O) groups excluding carboxylic acids is 1. The lowest BCUT2D eigenvalue weighted by Crippen LogP contribution is -2.36. The number of benzene rings is 1. The third-order valence-electron chi connectivity index (χ3n) is 5.49. The molecular formula is C23H21NO4S. The van der Waals surface area contributed by atoms with E-state index in [0.29, 0.717) is 48.9 Å². The van der Waals surface area contributed by atoms with Gasteiger partial charge in [0, 0.05) is 42.1 Å². The number of nitrogens with zero attached hydrogens (tertiary/aromatic N) is 1. The van der Waals surface area contributed by atoms with Crippen LogP contribution < -0.4 is 10.3 Å². The number of thiophene rings is 1. The van der Waals surface area contributed by atoms with Crippen LogP contribution in [0.3, 0.4) is 0 Å². The maximum Gasteiger partial charge on any atom is 0.204 e. The lowest BCUT2D eigenvalue weighted by atomic mass is 9.93. The Labute approximate surface area is 172 Å². The second-order valence-corrected chi connectivity index (χ2v) is 8.26. The van der Waals surface area contributed by atoms with Crippen LogP contribution in [0, 0.1) is 0 Å². The molecule has 3 aromatic rings. The smallest absolute Gasteiger partial charge is 0.204 e. The van der Waals surface area contributed by atoms with Crippen LogP contribution in [-0.4, -0.2) is 32.1 Å². The van der Waals surface area contributed by atoms with Crippen LogP contribution in [0.5, 0.6) is 0 Å². The Morgan fingerprint density at radius 2 is 1.90 bits per heavy atom. The molecule has 1 saturated heterocycles. The number of hydrogen-bond acceptors (Lipinski definition) is 6. The fourth-order valence-electron chi connectivity index (χ4n) is 3.91. The first-order valence-corrected chi connectivity index (χ1v) is 10.8. The summed E-state index contributed by atoms with van der Waals surface area (Å²) >= 11 is 1.39. The maximum atomic E-state index is 12.7. The zero-order valence-corrected chi connectivity index (χ0v) is 16.8. The highest BCUT2D eigenvalue weighted by Gasteiger charge is 2.20. The van der Waals surface area contributed by atoms with Crippen LogP contribution in [0.2, 0.25) is 0 Å². The first kappa shape index (κ1) is 18.3. The van der Waals surface area contributed by atoms with Crippen molar-refractivity contribution in [2.24, 2.45) is 0 Å². The molecule has 0 amide bonds. The molecule has 2 aromatic heterocycles. The van der Waals surface area contributed by atoms with Gasteiger partial charge in [0.2, 0.25) is 5.43 Å². The summed E-state index contributed by atoms with van der Waals surface area (Å²) in [4.78, 5) is 27.4. The number of hydrogen-bond donors (Lipinski definition) is 0. The van der Waals surface area contributed by atoms with Gasteiger partial charge >= 0.3 is 0 Å². The first-order chi connectivity index (χ1) is 14.2. The molecule has 1 aromatic carbocycles. The van der Waals surface area contributed by atoms with E-state index >= 15 is 0 Å². The predicted molar refractivity (Wildman–Crippen MR) is 116 cm³/mol. The van der Waals surface area contributed by atoms with E-state index in [1.54, 1.807) is 6.07 Å². The van der Waals surface area contributed by atoms with Gasteiger partial charge in [0.05, 0.1) is 13.2 Å². The van der Waals surface area contributed by atoms with Gasteiger partial charge in [-0.05, 0) is 30.0 Å². The number of Topliss-reactive ketones (excluding diaryl/α,β-unsaturated/α-hetero) is 1. The van der Waals surface area contributed by atoms with Crippen molar-refractivity contribution >= 4 is 39.4 Å². The van der Waals surface area contributed by atoms with Gasteiger partial charge < -0.3 is 14.1 Å². The first-order valence-electron chi connectivity index (χ1n) is 9.93. The summed E-state index contributed by atoms with van der Waals surface area (Å²) in [6.45, 7) is 2.65. The van der Waals surface area contributed by atoms with E-state index < -0.39 is 0 Å². The number of rotatable bonds is 2. The van der Waals surface area contributed by atoms with Crippen LogP contribution >= 0.6 is 11.3 Å². The van der Waals surface area contributed by atoms with Crippen LogP contribution in [0.25, 0.3) is 27.5 Å². The summed E-state index contributed by atoms with van der Waals surface area (Å²) in [6, 6.07) is 7.50. The molecule has 0 radical (unpaired) electrons. The number of anilines is 1.